The van der Waals surface area contributed by atoms with Crippen molar-refractivity contribution in [3.8, 4) is 0 Å². The molecule has 0 bridgehead atoms. The molecule has 0 saturated heterocycles. The molecule has 0 aromatic heterocycles. The van der Waals surface area contributed by atoms with Crippen molar-refractivity contribution in [1.29, 1.82) is 0 Å². The van der Waals surface area contributed by atoms with Gasteiger partial charge in [-0.1, -0.05) is 0 Å². The molecule has 0 heterocycles. The molecule has 0 fully saturated rings. The molecule has 0 aliphatic carbocycles. The molecule has 19 heteroatoms. The second-order valence-corrected chi connectivity index (χ2v) is 48.4. The van der Waals surface area contributed by atoms with Crippen LogP contribution in [0.3, 0.4) is 0 Å². The molecule has 9 nitrogen and oxygen atoms in total. The SMILES string of the molecule is C[SiH](C)O[Si](C)(C)O[Si](C)(C)O[Si](C)(C)O[Si](C)(C)O[Si](C)(C)O[Si](C)(C)O[Si](C)(C)O[Si](C)(C)O[SiH](C)C. The summed E-state index contributed by atoms with van der Waals surface area (Å²) < 4.78 is 58.8. The molecule has 0 aromatic rings. The first kappa shape index (κ1) is 40.8. The summed E-state index contributed by atoms with van der Waals surface area (Å²) in [5.41, 5.74) is 0. The van der Waals surface area contributed by atoms with Gasteiger partial charge in [-0.15, -0.1) is 0 Å². The van der Waals surface area contributed by atoms with Gasteiger partial charge in [0.15, 0.2) is 18.1 Å². The van der Waals surface area contributed by atoms with Crippen LogP contribution in [0.15, 0.2) is 0 Å². The minimum Gasteiger partial charge on any atom is -0.440 e. The lowest BCUT2D eigenvalue weighted by atomic mass is 11.9. The van der Waals surface area contributed by atoms with Gasteiger partial charge in [0.25, 0.3) is 0 Å². The molecule has 39 heavy (non-hydrogen) atoms. The molecule has 0 saturated carbocycles. The Hall–Kier alpha value is 1.81. The highest BCUT2D eigenvalue weighted by Gasteiger charge is 2.49. The number of hydrogen-bond donors (Lipinski definition) is 0. The fourth-order valence-corrected chi connectivity index (χ4v) is 52.2. The van der Waals surface area contributed by atoms with Crippen molar-refractivity contribution in [3.63, 3.8) is 0 Å². The van der Waals surface area contributed by atoms with Gasteiger partial charge < -0.3 is 37.0 Å². The molecular weight excluding hydrogens is 665 g/mol. The summed E-state index contributed by atoms with van der Waals surface area (Å²) in [5.74, 6) is 0. The maximum atomic E-state index is 6.70. The van der Waals surface area contributed by atoms with Crippen LogP contribution in [-0.2, 0) is 37.0 Å². The third-order valence-electron chi connectivity index (χ3n) is 4.48. The van der Waals surface area contributed by atoms with Crippen molar-refractivity contribution in [1.82, 2.24) is 0 Å². The molecule has 0 atom stereocenters. The Morgan fingerprint density at radius 2 is 0.385 bits per heavy atom. The summed E-state index contributed by atoms with van der Waals surface area (Å²) in [7, 11) is -22.2. The highest BCUT2D eigenvalue weighted by molar-refractivity contribution is 6.92. The lowest BCUT2D eigenvalue weighted by Crippen LogP contribution is -2.62. The molecule has 0 spiro atoms. The Balaban J connectivity index is 5.37. The van der Waals surface area contributed by atoms with Crippen LogP contribution in [0.25, 0.3) is 0 Å². The van der Waals surface area contributed by atoms with Gasteiger partial charge in [-0.2, -0.15) is 0 Å². The smallest absolute Gasteiger partial charge is 0.314 e. The second kappa shape index (κ2) is 14.3. The Bertz CT molecular complexity index is 713. The first-order valence-electron chi connectivity index (χ1n) is 14.0. The van der Waals surface area contributed by atoms with Crippen LogP contribution in [0.5, 0.6) is 0 Å². The minimum absolute atomic E-state index is 1.20. The Morgan fingerprint density at radius 3 is 0.513 bits per heavy atom. The quantitative estimate of drug-likeness (QED) is 0.143. The molecule has 236 valence electrons. The summed E-state index contributed by atoms with van der Waals surface area (Å²) in [6, 6.07) is 0. The third kappa shape index (κ3) is 19.7. The first-order chi connectivity index (χ1) is 16.8. The highest BCUT2D eigenvalue weighted by atomic mass is 28.5. The van der Waals surface area contributed by atoms with Gasteiger partial charge >= 0.3 is 68.5 Å². The maximum absolute atomic E-state index is 6.70. The van der Waals surface area contributed by atoms with E-state index in [9.17, 15) is 0 Å². The molecular formula is C20H62O9Si10. The van der Waals surface area contributed by atoms with E-state index in [4.69, 9.17) is 37.0 Å². The van der Waals surface area contributed by atoms with E-state index in [0.717, 1.165) is 0 Å². The van der Waals surface area contributed by atoms with E-state index in [1.165, 1.54) is 0 Å². The van der Waals surface area contributed by atoms with Gasteiger partial charge in [0.2, 0.25) is 0 Å². The minimum atomic E-state index is -2.61. The monoisotopic (exact) mass is 726 g/mol. The molecule has 0 aliphatic rings. The van der Waals surface area contributed by atoms with E-state index in [1.54, 1.807) is 0 Å². The summed E-state index contributed by atoms with van der Waals surface area (Å²) in [5, 5.41) is 0. The van der Waals surface area contributed by atoms with Gasteiger partial charge in [-0.05, 0) is 131 Å². The summed E-state index contributed by atoms with van der Waals surface area (Å²) in [4.78, 5) is 0. The predicted molar refractivity (Wildman–Crippen MR) is 187 cm³/mol. The Morgan fingerprint density at radius 1 is 0.256 bits per heavy atom. The zero-order chi connectivity index (χ0) is 31.5. The maximum Gasteiger partial charge on any atom is 0.314 e. The molecule has 0 unspecified atom stereocenters. The predicted octanol–water partition coefficient (Wildman–Crippen LogP) is 6.72. The zero-order valence-corrected chi connectivity index (χ0v) is 39.1. The van der Waals surface area contributed by atoms with Crippen molar-refractivity contribution in [2.75, 3.05) is 0 Å². The average molecular weight is 728 g/mol. The van der Waals surface area contributed by atoms with Crippen LogP contribution in [0.4, 0.5) is 0 Å². The van der Waals surface area contributed by atoms with Crippen molar-refractivity contribution >= 4 is 86.6 Å². The van der Waals surface area contributed by atoms with Crippen molar-refractivity contribution in [2.24, 2.45) is 0 Å². The van der Waals surface area contributed by atoms with E-state index in [0.29, 0.717) is 0 Å². The van der Waals surface area contributed by atoms with Gasteiger partial charge in [0, 0.05) is 0 Å². The number of hydrogen-bond acceptors (Lipinski definition) is 9. The van der Waals surface area contributed by atoms with Crippen molar-refractivity contribution in [3.05, 3.63) is 0 Å². The average Bonchev–Trinajstić information content (AvgIpc) is 2.40. The largest absolute Gasteiger partial charge is 0.440 e. The van der Waals surface area contributed by atoms with Crippen molar-refractivity contribution < 1.29 is 37.0 Å². The van der Waals surface area contributed by atoms with Crippen LogP contribution in [-0.4, -0.2) is 86.6 Å². The lowest BCUT2D eigenvalue weighted by molar-refractivity contribution is 0.258. The van der Waals surface area contributed by atoms with Gasteiger partial charge in [-0.3, -0.25) is 0 Å². The summed E-state index contributed by atoms with van der Waals surface area (Å²) in [6.07, 6.45) is 0. The topological polar surface area (TPSA) is 83.1 Å². The highest BCUT2D eigenvalue weighted by Crippen LogP contribution is 2.29. The summed E-state index contributed by atoms with van der Waals surface area (Å²) in [6.45, 7) is 42.0. The van der Waals surface area contributed by atoms with Crippen LogP contribution in [0, 0.1) is 0 Å². The lowest BCUT2D eigenvalue weighted by Gasteiger charge is -2.44. The van der Waals surface area contributed by atoms with E-state index >= 15 is 0 Å². The van der Waals surface area contributed by atoms with Crippen LogP contribution in [0.1, 0.15) is 0 Å². The molecule has 0 radical (unpaired) electrons. The third-order valence-corrected chi connectivity index (χ3v) is 40.3. The Kier molecular flexibility index (Phi) is 14.9. The molecule has 0 aromatic carbocycles. The van der Waals surface area contributed by atoms with Gasteiger partial charge in [0.1, 0.15) is 0 Å². The fourth-order valence-electron chi connectivity index (χ4n) is 5.45. The van der Waals surface area contributed by atoms with Gasteiger partial charge in [-0.25, -0.2) is 0 Å². The molecule has 0 rings (SSSR count). The fraction of sp³-hybridized carbons (Fsp3) is 1.00. The molecule has 0 N–H and O–H groups in total. The van der Waals surface area contributed by atoms with E-state index < -0.39 is 86.6 Å². The van der Waals surface area contributed by atoms with E-state index in [2.05, 4.69) is 131 Å². The Labute approximate surface area is 253 Å². The molecule has 0 aliphatic heterocycles. The van der Waals surface area contributed by atoms with Gasteiger partial charge in [0.05, 0.1) is 0 Å². The normalized spacial score (nSPS) is 15.5. The second-order valence-electron chi connectivity index (χ2n) is 14.2. The first-order valence-corrected chi connectivity index (χ1v) is 42.1. The van der Waals surface area contributed by atoms with Crippen molar-refractivity contribution in [2.45, 2.75) is 131 Å². The van der Waals surface area contributed by atoms with Crippen LogP contribution >= 0.6 is 0 Å². The van der Waals surface area contributed by atoms with Crippen LogP contribution in [0.2, 0.25) is 131 Å². The zero-order valence-electron chi connectivity index (χ0n) is 28.8. The summed E-state index contributed by atoms with van der Waals surface area (Å²) >= 11 is 0. The number of rotatable bonds is 18. The van der Waals surface area contributed by atoms with Crippen LogP contribution < -0.4 is 0 Å². The van der Waals surface area contributed by atoms with E-state index in [1.807, 2.05) is 0 Å². The molecule has 0 amide bonds. The standard InChI is InChI=1S/C20H62O9Si10/c1-30(2)21-32(5,6)23-34(9,10)25-36(13,14)27-38(17,18)29-39(19,20)28-37(15,16)26-35(11,12)24-33(7,8)22-31(3)4/h30-31H,1-20H3. The van der Waals surface area contributed by atoms with E-state index in [-0.39, 0.29) is 0 Å².